The van der Waals surface area contributed by atoms with E-state index in [1.165, 1.54) is 17.3 Å². The number of aryl methyl sites for hydroxylation is 2. The Bertz CT molecular complexity index is 775. The van der Waals surface area contributed by atoms with Crippen LogP contribution in [0.25, 0.3) is 0 Å². The fraction of sp³-hybridized carbons (Fsp3) is 0.474. The minimum atomic E-state index is -0.177. The predicted molar refractivity (Wildman–Crippen MR) is 92.7 cm³/mol. The normalized spacial score (nSPS) is 23.6. The molecule has 1 saturated heterocycles. The van der Waals surface area contributed by atoms with Crippen LogP contribution in [0.15, 0.2) is 24.4 Å². The molecule has 5 heteroatoms. The maximum Gasteiger partial charge on any atom is 0.127 e. The van der Waals surface area contributed by atoms with Crippen molar-refractivity contribution in [2.75, 3.05) is 13.1 Å². The van der Waals surface area contributed by atoms with Crippen LogP contribution in [-0.2, 0) is 18.4 Å². The minimum Gasteiger partial charge on any atom is -0.298 e. The first-order valence-electron chi connectivity index (χ1n) is 8.55. The standard InChI is InChI=1S/C19H21ClFN3/c1-13-22-10-14-5-7-19(18(14)23-13)6-2-8-24(12-19)11-15-9-16(20)3-4-17(15)21/h3-4,9-10H,2,5-8,11-12H2,1H3. The Morgan fingerprint density at radius 1 is 1.33 bits per heavy atom. The molecule has 1 aliphatic heterocycles. The molecule has 1 aliphatic carbocycles. The van der Waals surface area contributed by atoms with E-state index in [9.17, 15) is 4.39 Å². The van der Waals surface area contributed by atoms with E-state index < -0.39 is 0 Å². The monoisotopic (exact) mass is 345 g/mol. The summed E-state index contributed by atoms with van der Waals surface area (Å²) in [4.78, 5) is 11.5. The molecule has 1 unspecified atom stereocenters. The molecule has 0 amide bonds. The number of aromatic nitrogens is 2. The van der Waals surface area contributed by atoms with Gasteiger partial charge in [0, 0.05) is 35.3 Å². The topological polar surface area (TPSA) is 29.0 Å². The Balaban J connectivity index is 1.59. The van der Waals surface area contributed by atoms with Crippen LogP contribution in [0.3, 0.4) is 0 Å². The van der Waals surface area contributed by atoms with Crippen LogP contribution in [0.4, 0.5) is 4.39 Å². The van der Waals surface area contributed by atoms with Crippen molar-refractivity contribution in [3.8, 4) is 0 Å². The lowest BCUT2D eigenvalue weighted by molar-refractivity contribution is 0.135. The van der Waals surface area contributed by atoms with Gasteiger partial charge >= 0.3 is 0 Å². The number of likely N-dealkylation sites (tertiary alicyclic amines) is 1. The van der Waals surface area contributed by atoms with Crippen molar-refractivity contribution in [2.45, 2.75) is 44.6 Å². The summed E-state index contributed by atoms with van der Waals surface area (Å²) >= 11 is 6.04. The number of nitrogens with zero attached hydrogens (tertiary/aromatic N) is 3. The smallest absolute Gasteiger partial charge is 0.127 e. The molecular formula is C19H21ClFN3. The third kappa shape index (κ3) is 2.82. The fourth-order valence-electron chi connectivity index (χ4n) is 4.29. The van der Waals surface area contributed by atoms with E-state index in [1.807, 2.05) is 13.1 Å². The van der Waals surface area contributed by atoms with Crippen LogP contribution < -0.4 is 0 Å². The molecule has 0 saturated carbocycles. The maximum atomic E-state index is 14.1. The SMILES string of the molecule is Cc1ncc2c(n1)C1(CCCN(Cc3cc(Cl)ccc3F)C1)CC2. The van der Waals surface area contributed by atoms with Crippen LogP contribution in [0.2, 0.25) is 5.02 Å². The second kappa shape index (κ2) is 6.08. The molecule has 126 valence electrons. The molecule has 2 aromatic rings. The van der Waals surface area contributed by atoms with E-state index >= 15 is 0 Å². The Morgan fingerprint density at radius 2 is 2.21 bits per heavy atom. The average molecular weight is 346 g/mol. The van der Waals surface area contributed by atoms with E-state index in [1.54, 1.807) is 12.1 Å². The second-order valence-corrected chi connectivity index (χ2v) is 7.56. The molecule has 1 aromatic carbocycles. The average Bonchev–Trinajstić information content (AvgIpc) is 2.89. The van der Waals surface area contributed by atoms with Crippen molar-refractivity contribution in [1.82, 2.24) is 14.9 Å². The first kappa shape index (κ1) is 16.0. The molecule has 0 N–H and O–H groups in total. The lowest BCUT2D eigenvalue weighted by Gasteiger charge is -2.40. The van der Waals surface area contributed by atoms with E-state index in [0.29, 0.717) is 17.1 Å². The van der Waals surface area contributed by atoms with Crippen molar-refractivity contribution in [3.05, 3.63) is 57.9 Å². The molecule has 2 aliphatic rings. The summed E-state index contributed by atoms with van der Waals surface area (Å²) in [6.45, 7) is 4.48. The summed E-state index contributed by atoms with van der Waals surface area (Å²) in [5, 5.41) is 0.590. The molecule has 1 fully saturated rings. The number of hydrogen-bond donors (Lipinski definition) is 0. The number of fused-ring (bicyclic) bond motifs is 2. The summed E-state index contributed by atoms with van der Waals surface area (Å²) in [6, 6.07) is 4.80. The Kier molecular flexibility index (Phi) is 4.05. The highest BCUT2D eigenvalue weighted by atomic mass is 35.5. The molecule has 24 heavy (non-hydrogen) atoms. The van der Waals surface area contributed by atoms with Gasteiger partial charge in [-0.3, -0.25) is 4.90 Å². The highest BCUT2D eigenvalue weighted by molar-refractivity contribution is 6.30. The van der Waals surface area contributed by atoms with Gasteiger partial charge in [0.1, 0.15) is 11.6 Å². The van der Waals surface area contributed by atoms with Crippen molar-refractivity contribution >= 4 is 11.6 Å². The molecule has 1 aromatic heterocycles. The number of halogens is 2. The summed E-state index contributed by atoms with van der Waals surface area (Å²) in [5.74, 6) is 0.664. The van der Waals surface area contributed by atoms with Crippen molar-refractivity contribution in [2.24, 2.45) is 0 Å². The minimum absolute atomic E-state index is 0.107. The maximum absolute atomic E-state index is 14.1. The Morgan fingerprint density at radius 3 is 3.08 bits per heavy atom. The molecule has 3 nitrogen and oxygen atoms in total. The first-order valence-corrected chi connectivity index (χ1v) is 8.93. The van der Waals surface area contributed by atoms with Crippen LogP contribution in [-0.4, -0.2) is 28.0 Å². The quantitative estimate of drug-likeness (QED) is 0.822. The van der Waals surface area contributed by atoms with Gasteiger partial charge in [0.15, 0.2) is 0 Å². The lowest BCUT2D eigenvalue weighted by Crippen LogP contribution is -2.45. The van der Waals surface area contributed by atoms with Crippen LogP contribution in [0.1, 0.15) is 41.9 Å². The Hall–Kier alpha value is -1.52. The number of hydrogen-bond acceptors (Lipinski definition) is 3. The highest BCUT2D eigenvalue weighted by Gasteiger charge is 2.43. The number of benzene rings is 1. The number of rotatable bonds is 2. The van der Waals surface area contributed by atoms with Crippen LogP contribution in [0.5, 0.6) is 0 Å². The molecule has 4 rings (SSSR count). The van der Waals surface area contributed by atoms with Gasteiger partial charge in [-0.15, -0.1) is 0 Å². The van der Waals surface area contributed by atoms with Crippen molar-refractivity contribution in [3.63, 3.8) is 0 Å². The summed E-state index contributed by atoms with van der Waals surface area (Å²) < 4.78 is 14.1. The van der Waals surface area contributed by atoms with Crippen LogP contribution >= 0.6 is 11.6 Å². The zero-order valence-corrected chi connectivity index (χ0v) is 14.6. The highest BCUT2D eigenvalue weighted by Crippen LogP contribution is 2.44. The van der Waals surface area contributed by atoms with Gasteiger partial charge in [-0.2, -0.15) is 0 Å². The molecule has 2 heterocycles. The van der Waals surface area contributed by atoms with Gasteiger partial charge in [0.2, 0.25) is 0 Å². The fourth-order valence-corrected chi connectivity index (χ4v) is 4.49. The first-order chi connectivity index (χ1) is 11.6. The van der Waals surface area contributed by atoms with Gasteiger partial charge in [0.25, 0.3) is 0 Å². The van der Waals surface area contributed by atoms with Gasteiger partial charge in [-0.25, -0.2) is 14.4 Å². The number of piperidine rings is 1. The van der Waals surface area contributed by atoms with E-state index in [4.69, 9.17) is 16.6 Å². The summed E-state index contributed by atoms with van der Waals surface area (Å²) in [6.07, 6.45) is 6.43. The molecular weight excluding hydrogens is 325 g/mol. The van der Waals surface area contributed by atoms with Gasteiger partial charge < -0.3 is 0 Å². The van der Waals surface area contributed by atoms with Gasteiger partial charge in [0.05, 0.1) is 5.69 Å². The second-order valence-electron chi connectivity index (χ2n) is 7.12. The van der Waals surface area contributed by atoms with Crippen LogP contribution in [0, 0.1) is 12.7 Å². The van der Waals surface area contributed by atoms with E-state index in [0.717, 1.165) is 44.6 Å². The summed E-state index contributed by atoms with van der Waals surface area (Å²) in [5.41, 5.74) is 3.30. The van der Waals surface area contributed by atoms with Crippen molar-refractivity contribution < 1.29 is 4.39 Å². The van der Waals surface area contributed by atoms with Gasteiger partial charge in [-0.05, 0) is 62.9 Å². The largest absolute Gasteiger partial charge is 0.298 e. The molecule has 0 radical (unpaired) electrons. The third-order valence-electron chi connectivity index (χ3n) is 5.42. The third-order valence-corrected chi connectivity index (χ3v) is 5.65. The molecule has 1 atom stereocenters. The zero-order valence-electron chi connectivity index (χ0n) is 13.9. The summed E-state index contributed by atoms with van der Waals surface area (Å²) in [7, 11) is 0. The predicted octanol–water partition coefficient (Wildman–Crippen LogP) is 4.06. The van der Waals surface area contributed by atoms with E-state index in [2.05, 4.69) is 9.88 Å². The van der Waals surface area contributed by atoms with Crippen molar-refractivity contribution in [1.29, 1.82) is 0 Å². The van der Waals surface area contributed by atoms with E-state index in [-0.39, 0.29) is 11.2 Å². The Labute approximate surface area is 146 Å². The molecule has 1 spiro atoms. The zero-order chi connectivity index (χ0) is 16.7. The lowest BCUT2D eigenvalue weighted by atomic mass is 9.77. The molecule has 0 bridgehead atoms. The van der Waals surface area contributed by atoms with Gasteiger partial charge in [-0.1, -0.05) is 11.6 Å².